The molecule has 0 unspecified atom stereocenters. The lowest BCUT2D eigenvalue weighted by molar-refractivity contribution is -0.134. The molecule has 0 spiro atoms. The number of rotatable bonds is 7. The van der Waals surface area contributed by atoms with Gasteiger partial charge in [-0.05, 0) is 43.4 Å². The lowest BCUT2D eigenvalue weighted by atomic mass is 10.1. The van der Waals surface area contributed by atoms with Crippen molar-refractivity contribution in [2.75, 3.05) is 26.7 Å². The molecule has 6 heteroatoms. The first-order valence-electron chi connectivity index (χ1n) is 7.45. The third-order valence-corrected chi connectivity index (χ3v) is 4.68. The van der Waals surface area contributed by atoms with Gasteiger partial charge in [-0.15, -0.1) is 11.3 Å². The molecular formula is C15H23N3O2S. The minimum Gasteiger partial charge on any atom is -0.356 e. The van der Waals surface area contributed by atoms with Crippen LogP contribution in [0.25, 0.3) is 0 Å². The summed E-state index contributed by atoms with van der Waals surface area (Å²) in [7, 11) is 1.89. The Hall–Kier alpha value is -1.40. The second-order valence-electron chi connectivity index (χ2n) is 5.24. The van der Waals surface area contributed by atoms with E-state index >= 15 is 0 Å². The van der Waals surface area contributed by atoms with Crippen LogP contribution >= 0.6 is 11.3 Å². The Morgan fingerprint density at radius 1 is 1.33 bits per heavy atom. The Labute approximate surface area is 129 Å². The molecule has 116 valence electrons. The summed E-state index contributed by atoms with van der Waals surface area (Å²) in [4.78, 5) is 27.1. The van der Waals surface area contributed by atoms with Gasteiger partial charge in [0, 0.05) is 37.4 Å². The number of carbonyl (C=O) groups is 2. The molecule has 0 saturated heterocycles. The second-order valence-corrected chi connectivity index (χ2v) is 6.24. The quantitative estimate of drug-likeness (QED) is 0.743. The summed E-state index contributed by atoms with van der Waals surface area (Å²) in [6.07, 6.45) is 2.43. The predicted octanol–water partition coefficient (Wildman–Crippen LogP) is 1.14. The Kier molecular flexibility index (Phi) is 6.20. The highest BCUT2D eigenvalue weighted by atomic mass is 32.1. The van der Waals surface area contributed by atoms with E-state index in [1.807, 2.05) is 11.9 Å². The zero-order chi connectivity index (χ0) is 15.1. The van der Waals surface area contributed by atoms with E-state index in [0.29, 0.717) is 19.5 Å². The molecule has 0 aromatic carbocycles. The number of hydrogen-bond donors (Lipinski definition) is 2. The molecule has 0 radical (unpaired) electrons. The lowest BCUT2D eigenvalue weighted by Crippen LogP contribution is -2.36. The molecule has 2 N–H and O–H groups in total. The summed E-state index contributed by atoms with van der Waals surface area (Å²) in [5, 5.41) is 7.95. The minimum atomic E-state index is -0.0346. The Bertz CT molecular complexity index is 487. The highest BCUT2D eigenvalue weighted by Crippen LogP contribution is 2.24. The van der Waals surface area contributed by atoms with Gasteiger partial charge in [0.25, 0.3) is 0 Å². The van der Waals surface area contributed by atoms with E-state index in [1.165, 1.54) is 10.4 Å². The van der Waals surface area contributed by atoms with Gasteiger partial charge >= 0.3 is 0 Å². The number of thiophene rings is 1. The maximum atomic E-state index is 12.1. The van der Waals surface area contributed by atoms with Crippen LogP contribution in [0.15, 0.2) is 11.4 Å². The number of amides is 2. The molecule has 0 atom stereocenters. The third kappa shape index (κ3) is 4.82. The number of nitrogens with zero attached hydrogens (tertiary/aromatic N) is 1. The number of nitrogens with one attached hydrogen (secondary N) is 2. The van der Waals surface area contributed by atoms with Gasteiger partial charge in [-0.25, -0.2) is 0 Å². The van der Waals surface area contributed by atoms with Crippen molar-refractivity contribution in [3.8, 4) is 0 Å². The van der Waals surface area contributed by atoms with Gasteiger partial charge in [0.2, 0.25) is 11.8 Å². The van der Waals surface area contributed by atoms with Crippen molar-refractivity contribution in [1.29, 1.82) is 0 Å². The monoisotopic (exact) mass is 309 g/mol. The van der Waals surface area contributed by atoms with Gasteiger partial charge < -0.3 is 15.5 Å². The first-order chi connectivity index (χ1) is 10.2. The molecule has 2 heterocycles. The summed E-state index contributed by atoms with van der Waals surface area (Å²) in [6, 6.07) is 2.09. The maximum Gasteiger partial charge on any atom is 0.223 e. The number of fused-ring (bicyclic) bond motifs is 1. The molecule has 2 amide bonds. The van der Waals surface area contributed by atoms with Crippen LogP contribution in [0.5, 0.6) is 0 Å². The van der Waals surface area contributed by atoms with Crippen LogP contribution in [-0.2, 0) is 22.6 Å². The van der Waals surface area contributed by atoms with Crippen LogP contribution in [0, 0.1) is 0 Å². The van der Waals surface area contributed by atoms with Gasteiger partial charge in [0.1, 0.15) is 0 Å². The van der Waals surface area contributed by atoms with Crippen molar-refractivity contribution in [2.24, 2.45) is 0 Å². The lowest BCUT2D eigenvalue weighted by Gasteiger charge is -2.27. The Morgan fingerprint density at radius 2 is 2.19 bits per heavy atom. The smallest absolute Gasteiger partial charge is 0.223 e. The van der Waals surface area contributed by atoms with Gasteiger partial charge in [-0.2, -0.15) is 0 Å². The van der Waals surface area contributed by atoms with Crippen LogP contribution in [0.4, 0.5) is 0 Å². The fourth-order valence-electron chi connectivity index (χ4n) is 2.42. The van der Waals surface area contributed by atoms with Crippen molar-refractivity contribution in [3.63, 3.8) is 0 Å². The van der Waals surface area contributed by atoms with E-state index in [2.05, 4.69) is 22.1 Å². The summed E-state index contributed by atoms with van der Waals surface area (Å²) < 4.78 is 0. The van der Waals surface area contributed by atoms with Crippen molar-refractivity contribution in [1.82, 2.24) is 15.5 Å². The SMILES string of the molecule is CNCCCNC(=O)CCC(=O)N1CCc2sccc2C1. The molecule has 1 aromatic rings. The fraction of sp³-hybridized carbons (Fsp3) is 0.600. The molecule has 2 rings (SSSR count). The standard InChI is InChI=1S/C15H23N3O2S/c1-16-7-2-8-17-14(19)3-4-15(20)18-9-5-13-12(11-18)6-10-21-13/h6,10,16H,2-5,7-9,11H2,1H3,(H,17,19). The third-order valence-electron chi connectivity index (χ3n) is 3.65. The Balaban J connectivity index is 1.67. The topological polar surface area (TPSA) is 61.4 Å². The second kappa shape index (κ2) is 8.14. The van der Waals surface area contributed by atoms with E-state index in [4.69, 9.17) is 0 Å². The zero-order valence-electron chi connectivity index (χ0n) is 12.5. The summed E-state index contributed by atoms with van der Waals surface area (Å²) in [6.45, 7) is 3.02. The van der Waals surface area contributed by atoms with Crippen molar-refractivity contribution in [2.45, 2.75) is 32.2 Å². The molecule has 0 fully saturated rings. The highest BCUT2D eigenvalue weighted by Gasteiger charge is 2.21. The van der Waals surface area contributed by atoms with Crippen LogP contribution < -0.4 is 10.6 Å². The summed E-state index contributed by atoms with van der Waals surface area (Å²) in [5.41, 5.74) is 1.26. The molecule has 1 aliphatic rings. The molecule has 1 aromatic heterocycles. The molecular weight excluding hydrogens is 286 g/mol. The van der Waals surface area contributed by atoms with Gasteiger partial charge in [0.05, 0.1) is 0 Å². The van der Waals surface area contributed by atoms with Crippen molar-refractivity contribution in [3.05, 3.63) is 21.9 Å². The molecule has 5 nitrogen and oxygen atoms in total. The minimum absolute atomic E-state index is 0.0346. The molecule has 1 aliphatic heterocycles. The largest absolute Gasteiger partial charge is 0.356 e. The van der Waals surface area contributed by atoms with E-state index in [9.17, 15) is 9.59 Å². The first-order valence-corrected chi connectivity index (χ1v) is 8.33. The van der Waals surface area contributed by atoms with Crippen LogP contribution in [0.2, 0.25) is 0 Å². The normalized spacial score (nSPS) is 13.9. The number of hydrogen-bond acceptors (Lipinski definition) is 4. The van der Waals surface area contributed by atoms with Gasteiger partial charge in [-0.3, -0.25) is 9.59 Å². The van der Waals surface area contributed by atoms with Gasteiger partial charge in [-0.1, -0.05) is 0 Å². The average molecular weight is 309 g/mol. The van der Waals surface area contributed by atoms with E-state index in [0.717, 1.165) is 25.9 Å². The summed E-state index contributed by atoms with van der Waals surface area (Å²) in [5.74, 6) is 0.0462. The molecule has 0 bridgehead atoms. The Morgan fingerprint density at radius 3 is 3.00 bits per heavy atom. The maximum absolute atomic E-state index is 12.1. The zero-order valence-corrected chi connectivity index (χ0v) is 13.3. The molecule has 21 heavy (non-hydrogen) atoms. The molecule has 0 aliphatic carbocycles. The first kappa shape index (κ1) is 16.0. The van der Waals surface area contributed by atoms with E-state index < -0.39 is 0 Å². The predicted molar refractivity (Wildman–Crippen MR) is 84.2 cm³/mol. The van der Waals surface area contributed by atoms with Gasteiger partial charge in [0.15, 0.2) is 0 Å². The van der Waals surface area contributed by atoms with Crippen molar-refractivity contribution < 1.29 is 9.59 Å². The fourth-order valence-corrected chi connectivity index (χ4v) is 3.31. The van der Waals surface area contributed by atoms with E-state index in [1.54, 1.807) is 11.3 Å². The highest BCUT2D eigenvalue weighted by molar-refractivity contribution is 7.10. The summed E-state index contributed by atoms with van der Waals surface area (Å²) >= 11 is 1.76. The van der Waals surface area contributed by atoms with Crippen LogP contribution in [-0.4, -0.2) is 43.4 Å². The number of carbonyl (C=O) groups excluding carboxylic acids is 2. The van der Waals surface area contributed by atoms with Crippen LogP contribution in [0.1, 0.15) is 29.7 Å². The van der Waals surface area contributed by atoms with Crippen LogP contribution in [0.3, 0.4) is 0 Å². The molecule has 0 saturated carbocycles. The van der Waals surface area contributed by atoms with Crippen molar-refractivity contribution >= 4 is 23.2 Å². The average Bonchev–Trinajstić information content (AvgIpc) is 2.96. The van der Waals surface area contributed by atoms with E-state index in [-0.39, 0.29) is 18.2 Å².